The number of Topliss-reactive ketones (excluding diaryl/α,β-unsaturated/α-hetero) is 1. The molecule has 0 aliphatic heterocycles. The molecule has 0 saturated heterocycles. The minimum absolute atomic E-state index is 0.0835. The van der Waals surface area contributed by atoms with E-state index >= 15 is 0 Å². The van der Waals surface area contributed by atoms with E-state index in [9.17, 15) is 14.4 Å². The normalized spacial score (nSPS) is 18.5. The van der Waals surface area contributed by atoms with Gasteiger partial charge in [-0.3, -0.25) is 14.4 Å². The van der Waals surface area contributed by atoms with Crippen molar-refractivity contribution in [2.24, 2.45) is 11.3 Å². The summed E-state index contributed by atoms with van der Waals surface area (Å²) in [5, 5.41) is 2.04. The number of hydrogen-bond donors (Lipinski definition) is 0. The maximum atomic E-state index is 12.8. The summed E-state index contributed by atoms with van der Waals surface area (Å²) < 4.78 is 9.77. The Labute approximate surface area is 152 Å². The molecule has 1 aliphatic carbocycles. The first-order valence-corrected chi connectivity index (χ1v) is 8.71. The Morgan fingerprint density at radius 2 is 1.65 bits per heavy atom. The van der Waals surface area contributed by atoms with Gasteiger partial charge in [0.25, 0.3) is 0 Å². The van der Waals surface area contributed by atoms with Crippen molar-refractivity contribution in [1.29, 1.82) is 0 Å². The van der Waals surface area contributed by atoms with Gasteiger partial charge in [0.15, 0.2) is 11.2 Å². The first-order chi connectivity index (χ1) is 12.5. The van der Waals surface area contributed by atoms with Crippen molar-refractivity contribution < 1.29 is 23.9 Å². The predicted molar refractivity (Wildman–Crippen MR) is 96.7 cm³/mol. The summed E-state index contributed by atoms with van der Waals surface area (Å²) in [6, 6.07) is 13.4. The topological polar surface area (TPSA) is 69.7 Å². The van der Waals surface area contributed by atoms with Crippen molar-refractivity contribution in [3.8, 4) is 0 Å². The number of carbonyl (C=O) groups excluding carboxylic acids is 3. The van der Waals surface area contributed by atoms with Crippen LogP contribution >= 0.6 is 0 Å². The summed E-state index contributed by atoms with van der Waals surface area (Å²) in [6.07, 6.45) is 1.76. The zero-order chi connectivity index (χ0) is 18.7. The number of ketones is 1. The molecule has 0 N–H and O–H groups in total. The molecule has 1 atom stereocenters. The van der Waals surface area contributed by atoms with Crippen LogP contribution in [0.15, 0.2) is 42.5 Å². The van der Waals surface area contributed by atoms with E-state index in [1.807, 2.05) is 36.4 Å². The van der Waals surface area contributed by atoms with Gasteiger partial charge in [-0.2, -0.15) is 0 Å². The quantitative estimate of drug-likeness (QED) is 0.467. The van der Waals surface area contributed by atoms with E-state index in [1.165, 1.54) is 14.2 Å². The van der Waals surface area contributed by atoms with Gasteiger partial charge in [0.2, 0.25) is 0 Å². The highest BCUT2D eigenvalue weighted by atomic mass is 16.5. The van der Waals surface area contributed by atoms with Crippen LogP contribution in [-0.2, 0) is 19.1 Å². The molecule has 0 unspecified atom stereocenters. The Kier molecular flexibility index (Phi) is 5.07. The number of hydrogen-bond acceptors (Lipinski definition) is 5. The maximum absolute atomic E-state index is 12.8. The third-order valence-electron chi connectivity index (χ3n) is 5.42. The summed E-state index contributed by atoms with van der Waals surface area (Å²) in [6.45, 7) is 0. The highest BCUT2D eigenvalue weighted by molar-refractivity contribution is 6.03. The highest BCUT2D eigenvalue weighted by Crippen LogP contribution is 2.47. The molecular formula is C21H22O5. The van der Waals surface area contributed by atoms with Crippen molar-refractivity contribution in [1.82, 2.24) is 0 Å². The van der Waals surface area contributed by atoms with E-state index < -0.39 is 23.3 Å². The van der Waals surface area contributed by atoms with E-state index in [0.29, 0.717) is 24.8 Å². The number of ether oxygens (including phenoxy) is 2. The van der Waals surface area contributed by atoms with Gasteiger partial charge in [-0.1, -0.05) is 42.8 Å². The third kappa shape index (κ3) is 2.98. The van der Waals surface area contributed by atoms with Crippen LogP contribution in [0.5, 0.6) is 0 Å². The summed E-state index contributed by atoms with van der Waals surface area (Å²) >= 11 is 0. The number of esters is 2. The van der Waals surface area contributed by atoms with Crippen LogP contribution < -0.4 is 0 Å². The largest absolute Gasteiger partial charge is 0.468 e. The molecule has 2 aromatic rings. The van der Waals surface area contributed by atoms with Crippen LogP contribution in [0.3, 0.4) is 0 Å². The lowest BCUT2D eigenvalue weighted by molar-refractivity contribution is -0.172. The lowest BCUT2D eigenvalue weighted by Crippen LogP contribution is -2.44. The molecule has 1 saturated carbocycles. The number of benzene rings is 2. The van der Waals surface area contributed by atoms with Crippen LogP contribution in [0, 0.1) is 11.3 Å². The second-order valence-electron chi connectivity index (χ2n) is 6.73. The Bertz CT molecular complexity index is 838. The van der Waals surface area contributed by atoms with E-state index in [4.69, 9.17) is 9.47 Å². The fourth-order valence-corrected chi connectivity index (χ4v) is 4.04. The Morgan fingerprint density at radius 3 is 2.31 bits per heavy atom. The lowest BCUT2D eigenvalue weighted by atomic mass is 9.75. The second-order valence-corrected chi connectivity index (χ2v) is 6.73. The van der Waals surface area contributed by atoms with Crippen LogP contribution in [0.1, 0.15) is 36.0 Å². The molecule has 0 bridgehead atoms. The zero-order valence-electron chi connectivity index (χ0n) is 15.0. The lowest BCUT2D eigenvalue weighted by Gasteiger charge is -2.29. The SMILES string of the molecule is COC(=O)C1(C(=O)OC)CCC[C@H]1CC(=O)c1ccc2ccccc2c1. The molecule has 3 rings (SSSR count). The van der Waals surface area contributed by atoms with Crippen LogP contribution in [0.4, 0.5) is 0 Å². The summed E-state index contributed by atoms with van der Waals surface area (Å²) in [7, 11) is 2.51. The molecule has 136 valence electrons. The van der Waals surface area contributed by atoms with Crippen LogP contribution in [0.25, 0.3) is 10.8 Å². The fourth-order valence-electron chi connectivity index (χ4n) is 4.04. The predicted octanol–water partition coefficient (Wildman–Crippen LogP) is 3.55. The van der Waals surface area contributed by atoms with Crippen molar-refractivity contribution in [3.63, 3.8) is 0 Å². The fraction of sp³-hybridized carbons (Fsp3) is 0.381. The van der Waals surface area contributed by atoms with Crippen molar-refractivity contribution in [2.45, 2.75) is 25.7 Å². The van der Waals surface area contributed by atoms with E-state index in [0.717, 1.165) is 10.8 Å². The van der Waals surface area contributed by atoms with E-state index in [1.54, 1.807) is 6.07 Å². The van der Waals surface area contributed by atoms with Crippen LogP contribution in [0.2, 0.25) is 0 Å². The van der Waals surface area contributed by atoms with Gasteiger partial charge >= 0.3 is 11.9 Å². The van der Waals surface area contributed by atoms with Gasteiger partial charge in [-0.25, -0.2) is 0 Å². The van der Waals surface area contributed by atoms with Gasteiger partial charge in [0, 0.05) is 12.0 Å². The minimum Gasteiger partial charge on any atom is -0.468 e. The summed E-state index contributed by atoms with van der Waals surface area (Å²) in [4.78, 5) is 37.7. The number of rotatable bonds is 5. The summed E-state index contributed by atoms with van der Waals surface area (Å²) in [5.74, 6) is -1.72. The van der Waals surface area contributed by atoms with Crippen LogP contribution in [-0.4, -0.2) is 31.9 Å². The average Bonchev–Trinajstić information content (AvgIpc) is 3.10. The number of fused-ring (bicyclic) bond motifs is 1. The molecule has 5 heteroatoms. The maximum Gasteiger partial charge on any atom is 0.323 e. The smallest absolute Gasteiger partial charge is 0.323 e. The molecule has 0 radical (unpaired) electrons. The van der Waals surface area contributed by atoms with Gasteiger partial charge in [-0.05, 0) is 35.6 Å². The van der Waals surface area contributed by atoms with Gasteiger partial charge < -0.3 is 9.47 Å². The van der Waals surface area contributed by atoms with Gasteiger partial charge in [0.1, 0.15) is 0 Å². The molecule has 2 aromatic carbocycles. The minimum atomic E-state index is -1.38. The monoisotopic (exact) mass is 354 g/mol. The Hall–Kier alpha value is -2.69. The molecule has 0 heterocycles. The van der Waals surface area contributed by atoms with E-state index in [2.05, 4.69) is 0 Å². The third-order valence-corrected chi connectivity index (χ3v) is 5.42. The van der Waals surface area contributed by atoms with E-state index in [-0.39, 0.29) is 12.2 Å². The number of methoxy groups -OCH3 is 2. The second kappa shape index (κ2) is 7.28. The first kappa shape index (κ1) is 18.1. The molecule has 5 nitrogen and oxygen atoms in total. The molecule has 1 aliphatic rings. The molecule has 1 fully saturated rings. The molecule has 0 spiro atoms. The van der Waals surface area contributed by atoms with Gasteiger partial charge in [-0.15, -0.1) is 0 Å². The Balaban J connectivity index is 1.88. The standard InChI is InChI=1S/C21H22O5/c1-25-19(23)21(20(24)26-2)11-5-8-17(21)13-18(22)16-10-9-14-6-3-4-7-15(14)12-16/h3-4,6-7,9-10,12,17H,5,8,11,13H2,1-2H3/t17-/m0/s1. The first-order valence-electron chi connectivity index (χ1n) is 8.71. The zero-order valence-corrected chi connectivity index (χ0v) is 15.0. The summed E-state index contributed by atoms with van der Waals surface area (Å²) in [5.41, 5.74) is -0.796. The number of carbonyl (C=O) groups is 3. The van der Waals surface area contributed by atoms with Crippen molar-refractivity contribution in [3.05, 3.63) is 48.0 Å². The average molecular weight is 354 g/mol. The molecule has 0 amide bonds. The van der Waals surface area contributed by atoms with Gasteiger partial charge in [0.05, 0.1) is 14.2 Å². The molecule has 0 aromatic heterocycles. The molecular weight excluding hydrogens is 332 g/mol. The Morgan fingerprint density at radius 1 is 1.00 bits per heavy atom. The van der Waals surface area contributed by atoms with Crippen molar-refractivity contribution >= 4 is 28.5 Å². The molecule has 26 heavy (non-hydrogen) atoms. The highest BCUT2D eigenvalue weighted by Gasteiger charge is 2.57. The van der Waals surface area contributed by atoms with Crippen molar-refractivity contribution in [2.75, 3.05) is 14.2 Å².